The second kappa shape index (κ2) is 5.06. The van der Waals surface area contributed by atoms with Crippen LogP contribution in [0.2, 0.25) is 5.02 Å². The molecule has 1 fully saturated rings. The normalized spacial score (nSPS) is 20.2. The number of ether oxygens (including phenoxy) is 2. The Morgan fingerprint density at radius 3 is 2.95 bits per heavy atom. The van der Waals surface area contributed by atoms with Gasteiger partial charge in [-0.2, -0.15) is 0 Å². The van der Waals surface area contributed by atoms with E-state index < -0.39 is 12.0 Å². The van der Waals surface area contributed by atoms with Gasteiger partial charge in [-0.3, -0.25) is 4.79 Å². The fraction of sp³-hybridized carbons (Fsp3) is 0.333. The van der Waals surface area contributed by atoms with Gasteiger partial charge in [-0.25, -0.2) is 4.79 Å². The molecule has 0 aromatic heterocycles. The zero-order chi connectivity index (χ0) is 14.3. The quantitative estimate of drug-likeness (QED) is 0.894. The highest BCUT2D eigenvalue weighted by Gasteiger charge is 2.35. The van der Waals surface area contributed by atoms with Crippen molar-refractivity contribution in [1.82, 2.24) is 4.90 Å². The first-order valence-electron chi connectivity index (χ1n) is 5.78. The molecule has 106 valence electrons. The van der Waals surface area contributed by atoms with Gasteiger partial charge in [0, 0.05) is 11.3 Å². The third-order valence-electron chi connectivity index (χ3n) is 3.10. The molecular weight excluding hydrogens is 306 g/mol. The summed E-state index contributed by atoms with van der Waals surface area (Å²) < 4.78 is 10.4. The van der Waals surface area contributed by atoms with Crippen molar-refractivity contribution in [3.8, 4) is 11.5 Å². The maximum Gasteiger partial charge on any atom is 0.327 e. The molecule has 1 aromatic carbocycles. The average molecular weight is 316 g/mol. The molecule has 6 nitrogen and oxygen atoms in total. The van der Waals surface area contributed by atoms with E-state index >= 15 is 0 Å². The van der Waals surface area contributed by atoms with E-state index in [4.69, 9.17) is 26.2 Å². The summed E-state index contributed by atoms with van der Waals surface area (Å²) in [6.45, 7) is 0.0595. The molecule has 2 aliphatic heterocycles. The van der Waals surface area contributed by atoms with Gasteiger partial charge in [-0.15, -0.1) is 11.8 Å². The Morgan fingerprint density at radius 2 is 2.20 bits per heavy atom. The van der Waals surface area contributed by atoms with Crippen LogP contribution in [0.15, 0.2) is 12.1 Å². The number of carboxylic acid groups (broad SMARTS) is 1. The summed E-state index contributed by atoms with van der Waals surface area (Å²) in [5.74, 6) is 0.174. The number of nitrogens with zero attached hydrogens (tertiary/aromatic N) is 1. The van der Waals surface area contributed by atoms with Crippen molar-refractivity contribution in [2.75, 3.05) is 18.4 Å². The maximum atomic E-state index is 12.4. The van der Waals surface area contributed by atoms with Crippen LogP contribution >= 0.6 is 23.4 Å². The largest absolute Gasteiger partial charge is 0.480 e. The third-order valence-corrected chi connectivity index (χ3v) is 4.40. The zero-order valence-electron chi connectivity index (χ0n) is 10.2. The Bertz CT molecular complexity index is 593. The van der Waals surface area contributed by atoms with E-state index in [9.17, 15) is 9.59 Å². The van der Waals surface area contributed by atoms with Gasteiger partial charge in [0.05, 0.1) is 10.9 Å². The molecule has 1 unspecified atom stereocenters. The number of carbonyl (C=O) groups excluding carboxylic acids is 1. The number of hydrogen-bond donors (Lipinski definition) is 1. The molecule has 3 rings (SSSR count). The number of benzene rings is 1. The molecule has 1 N–H and O–H groups in total. The van der Waals surface area contributed by atoms with Crippen LogP contribution in [-0.4, -0.2) is 46.3 Å². The molecule has 0 aliphatic carbocycles. The molecule has 2 heterocycles. The van der Waals surface area contributed by atoms with Crippen LogP contribution in [-0.2, 0) is 4.79 Å². The van der Waals surface area contributed by atoms with E-state index in [0.717, 1.165) is 0 Å². The van der Waals surface area contributed by atoms with Gasteiger partial charge >= 0.3 is 5.97 Å². The topological polar surface area (TPSA) is 76.1 Å². The van der Waals surface area contributed by atoms with Crippen LogP contribution in [0.4, 0.5) is 0 Å². The highest BCUT2D eigenvalue weighted by atomic mass is 35.5. The lowest BCUT2D eigenvalue weighted by Crippen LogP contribution is -2.41. The third kappa shape index (κ3) is 2.16. The average Bonchev–Trinajstić information content (AvgIpc) is 3.06. The Hall–Kier alpha value is -1.60. The van der Waals surface area contributed by atoms with Crippen LogP contribution in [0.1, 0.15) is 10.4 Å². The molecule has 0 saturated carbocycles. The fourth-order valence-corrected chi connectivity index (χ4v) is 3.51. The van der Waals surface area contributed by atoms with Crippen LogP contribution in [0.3, 0.4) is 0 Å². The number of amides is 1. The van der Waals surface area contributed by atoms with E-state index in [1.807, 2.05) is 0 Å². The van der Waals surface area contributed by atoms with Crippen molar-refractivity contribution < 1.29 is 24.2 Å². The number of aliphatic carboxylic acids is 1. The van der Waals surface area contributed by atoms with Crippen molar-refractivity contribution in [2.24, 2.45) is 0 Å². The predicted molar refractivity (Wildman–Crippen MR) is 72.5 cm³/mol. The fourth-order valence-electron chi connectivity index (χ4n) is 2.10. The van der Waals surface area contributed by atoms with Crippen molar-refractivity contribution in [1.29, 1.82) is 0 Å². The number of hydrogen-bond acceptors (Lipinski definition) is 5. The first-order chi connectivity index (χ1) is 9.58. The monoisotopic (exact) mass is 315 g/mol. The molecule has 1 aromatic rings. The lowest BCUT2D eigenvalue weighted by atomic mass is 10.1. The predicted octanol–water partition coefficient (Wildman–Crippen LogP) is 1.67. The first kappa shape index (κ1) is 13.4. The summed E-state index contributed by atoms with van der Waals surface area (Å²) in [7, 11) is 0. The summed E-state index contributed by atoms with van der Waals surface area (Å²) in [6, 6.07) is 2.19. The van der Waals surface area contributed by atoms with Crippen LogP contribution in [0, 0.1) is 0 Å². The number of carboxylic acids is 1. The second-order valence-corrected chi connectivity index (χ2v) is 5.73. The lowest BCUT2D eigenvalue weighted by Gasteiger charge is -2.20. The number of halogens is 1. The molecule has 0 bridgehead atoms. The van der Waals surface area contributed by atoms with Crippen LogP contribution in [0.5, 0.6) is 11.5 Å². The Kier molecular flexibility index (Phi) is 3.39. The molecule has 1 atom stereocenters. The van der Waals surface area contributed by atoms with Gasteiger partial charge in [0.25, 0.3) is 5.91 Å². The Balaban J connectivity index is 1.91. The molecular formula is C12H10ClNO5S. The maximum absolute atomic E-state index is 12.4. The number of fused-ring (bicyclic) bond motifs is 1. The molecule has 8 heteroatoms. The zero-order valence-corrected chi connectivity index (χ0v) is 11.7. The lowest BCUT2D eigenvalue weighted by molar-refractivity contribution is -0.140. The van der Waals surface area contributed by atoms with E-state index in [1.54, 1.807) is 0 Å². The standard InChI is InChI=1S/C12H10ClNO5S/c13-7-1-6(2-9-10(7)19-5-18-9)11(15)14-4-20-3-8(14)12(16)17/h1-2,8H,3-5H2,(H,16,17). The molecule has 1 saturated heterocycles. The van der Waals surface area contributed by atoms with E-state index in [0.29, 0.717) is 28.7 Å². The van der Waals surface area contributed by atoms with Gasteiger partial charge in [-0.1, -0.05) is 11.6 Å². The van der Waals surface area contributed by atoms with Gasteiger partial charge in [0.2, 0.25) is 6.79 Å². The molecule has 2 aliphatic rings. The van der Waals surface area contributed by atoms with E-state index in [1.165, 1.54) is 28.8 Å². The molecule has 0 radical (unpaired) electrons. The smallest absolute Gasteiger partial charge is 0.327 e. The number of carbonyl (C=O) groups is 2. The summed E-state index contributed by atoms with van der Waals surface area (Å²) in [4.78, 5) is 24.9. The van der Waals surface area contributed by atoms with Crippen LogP contribution in [0.25, 0.3) is 0 Å². The highest BCUT2D eigenvalue weighted by Crippen LogP contribution is 2.40. The van der Waals surface area contributed by atoms with E-state index in [-0.39, 0.29) is 17.7 Å². The minimum atomic E-state index is -1.00. The second-order valence-electron chi connectivity index (χ2n) is 4.32. The van der Waals surface area contributed by atoms with Crippen molar-refractivity contribution in [3.05, 3.63) is 22.7 Å². The minimum Gasteiger partial charge on any atom is -0.480 e. The van der Waals surface area contributed by atoms with E-state index in [2.05, 4.69) is 0 Å². The first-order valence-corrected chi connectivity index (χ1v) is 7.32. The highest BCUT2D eigenvalue weighted by molar-refractivity contribution is 7.99. The van der Waals surface area contributed by atoms with Gasteiger partial charge in [0.1, 0.15) is 6.04 Å². The van der Waals surface area contributed by atoms with Crippen LogP contribution < -0.4 is 9.47 Å². The summed E-state index contributed by atoms with van der Waals surface area (Å²) in [5, 5.41) is 9.39. The Morgan fingerprint density at radius 1 is 1.40 bits per heavy atom. The van der Waals surface area contributed by atoms with Gasteiger partial charge in [0.15, 0.2) is 11.5 Å². The molecule has 20 heavy (non-hydrogen) atoms. The van der Waals surface area contributed by atoms with Gasteiger partial charge < -0.3 is 19.5 Å². The SMILES string of the molecule is O=C(O)C1CSCN1C(=O)c1cc(Cl)c2c(c1)OCO2. The van der Waals surface area contributed by atoms with Crippen molar-refractivity contribution >= 4 is 35.2 Å². The number of rotatable bonds is 2. The minimum absolute atomic E-state index is 0.0595. The summed E-state index contributed by atoms with van der Waals surface area (Å²) in [6.07, 6.45) is 0. The van der Waals surface area contributed by atoms with Crippen molar-refractivity contribution in [2.45, 2.75) is 6.04 Å². The summed E-state index contributed by atoms with van der Waals surface area (Å²) >= 11 is 7.43. The Labute approximate surface area is 123 Å². The summed E-state index contributed by atoms with van der Waals surface area (Å²) in [5.41, 5.74) is 0.299. The molecule has 0 spiro atoms. The van der Waals surface area contributed by atoms with Gasteiger partial charge in [-0.05, 0) is 12.1 Å². The molecule has 1 amide bonds. The number of thioether (sulfide) groups is 1. The van der Waals surface area contributed by atoms with Crippen molar-refractivity contribution in [3.63, 3.8) is 0 Å².